The van der Waals surface area contributed by atoms with E-state index in [0.29, 0.717) is 11.3 Å². The molecule has 0 unspecified atom stereocenters. The van der Waals surface area contributed by atoms with E-state index in [1.54, 1.807) is 6.92 Å². The number of aromatic nitrogens is 1. The van der Waals surface area contributed by atoms with Crippen LogP contribution in [0.4, 0.5) is 0 Å². The highest BCUT2D eigenvalue weighted by atomic mass is 16.5. The number of carboxylic acid groups (broad SMARTS) is 1. The zero-order chi connectivity index (χ0) is 9.84. The monoisotopic (exact) mass is 183 g/mol. The Labute approximate surface area is 74.3 Å². The van der Waals surface area contributed by atoms with Crippen molar-refractivity contribution in [1.82, 2.24) is 5.16 Å². The number of hydrogen-bond acceptors (Lipinski definition) is 4. The molecule has 0 amide bonds. The number of carbonyl (C=O) groups excluding carboxylic acids is 1. The molecule has 1 aromatic heterocycles. The van der Waals surface area contributed by atoms with Gasteiger partial charge in [0.1, 0.15) is 6.26 Å². The van der Waals surface area contributed by atoms with Gasteiger partial charge in [0.15, 0.2) is 5.78 Å². The molecule has 70 valence electrons. The van der Waals surface area contributed by atoms with Crippen LogP contribution in [0.15, 0.2) is 10.8 Å². The third kappa shape index (κ3) is 2.40. The maximum absolute atomic E-state index is 11.3. The van der Waals surface area contributed by atoms with Gasteiger partial charge in [-0.25, -0.2) is 0 Å². The zero-order valence-corrected chi connectivity index (χ0v) is 7.11. The molecule has 0 aliphatic heterocycles. The molecule has 0 spiro atoms. The first-order chi connectivity index (χ1) is 6.11. The highest BCUT2D eigenvalue weighted by Gasteiger charge is 2.13. The van der Waals surface area contributed by atoms with E-state index in [9.17, 15) is 9.59 Å². The highest BCUT2D eigenvalue weighted by Crippen LogP contribution is 2.09. The number of hydrogen-bond donors (Lipinski definition) is 1. The van der Waals surface area contributed by atoms with Crippen molar-refractivity contribution in [3.63, 3.8) is 0 Å². The summed E-state index contributed by atoms with van der Waals surface area (Å²) in [7, 11) is 0. The quantitative estimate of drug-likeness (QED) is 0.705. The van der Waals surface area contributed by atoms with Gasteiger partial charge >= 0.3 is 5.97 Å². The smallest absolute Gasteiger partial charge is 0.303 e. The van der Waals surface area contributed by atoms with Gasteiger partial charge in [-0.15, -0.1) is 0 Å². The molecule has 1 heterocycles. The Kier molecular flexibility index (Phi) is 2.79. The van der Waals surface area contributed by atoms with Crippen LogP contribution in [0.3, 0.4) is 0 Å². The van der Waals surface area contributed by atoms with Crippen LogP contribution >= 0.6 is 0 Å². The Hall–Kier alpha value is -1.65. The van der Waals surface area contributed by atoms with Crippen LogP contribution in [0.1, 0.15) is 28.9 Å². The Balaban J connectivity index is 2.59. The van der Waals surface area contributed by atoms with Crippen molar-refractivity contribution in [2.24, 2.45) is 0 Å². The van der Waals surface area contributed by atoms with Crippen molar-refractivity contribution in [3.05, 3.63) is 17.5 Å². The summed E-state index contributed by atoms with van der Waals surface area (Å²) in [6, 6.07) is 0. The van der Waals surface area contributed by atoms with E-state index in [0.717, 1.165) is 0 Å². The second kappa shape index (κ2) is 3.84. The minimum atomic E-state index is -0.984. The number of ketones is 1. The van der Waals surface area contributed by atoms with Gasteiger partial charge in [-0.2, -0.15) is 0 Å². The second-order valence-electron chi connectivity index (χ2n) is 2.63. The van der Waals surface area contributed by atoms with Crippen molar-refractivity contribution in [2.75, 3.05) is 0 Å². The average molecular weight is 183 g/mol. The van der Waals surface area contributed by atoms with Crippen molar-refractivity contribution in [3.8, 4) is 0 Å². The Morgan fingerprint density at radius 2 is 2.23 bits per heavy atom. The normalized spacial score (nSPS) is 9.92. The van der Waals surface area contributed by atoms with E-state index in [1.165, 1.54) is 6.26 Å². The molecule has 0 atom stereocenters. The predicted molar refractivity (Wildman–Crippen MR) is 42.4 cm³/mol. The third-order valence-electron chi connectivity index (χ3n) is 1.62. The second-order valence-corrected chi connectivity index (χ2v) is 2.63. The van der Waals surface area contributed by atoms with Crippen LogP contribution < -0.4 is 0 Å². The number of carboxylic acids is 1. The van der Waals surface area contributed by atoms with Crippen LogP contribution in [-0.4, -0.2) is 22.0 Å². The van der Waals surface area contributed by atoms with Gasteiger partial charge < -0.3 is 9.63 Å². The van der Waals surface area contributed by atoms with Crippen LogP contribution in [0.5, 0.6) is 0 Å². The molecule has 0 saturated heterocycles. The van der Waals surface area contributed by atoms with E-state index in [2.05, 4.69) is 9.68 Å². The molecular formula is C8H9NO4. The lowest BCUT2D eigenvalue weighted by atomic mass is 10.1. The number of aliphatic carboxylic acids is 1. The van der Waals surface area contributed by atoms with Crippen LogP contribution in [0.2, 0.25) is 0 Å². The SMILES string of the molecule is Cc1nocc1C(=O)CCC(=O)O. The minimum absolute atomic E-state index is 0.0165. The fourth-order valence-electron chi connectivity index (χ4n) is 0.915. The molecular weight excluding hydrogens is 174 g/mol. The summed E-state index contributed by atoms with van der Waals surface area (Å²) < 4.78 is 4.55. The molecule has 5 nitrogen and oxygen atoms in total. The third-order valence-corrected chi connectivity index (χ3v) is 1.62. The molecule has 0 aliphatic rings. The van der Waals surface area contributed by atoms with Gasteiger partial charge in [-0.05, 0) is 6.92 Å². The number of rotatable bonds is 4. The minimum Gasteiger partial charge on any atom is -0.481 e. The Bertz CT molecular complexity index is 329. The topological polar surface area (TPSA) is 80.4 Å². The standard InChI is InChI=1S/C8H9NO4/c1-5-6(4-13-9-5)7(10)2-3-8(11)12/h4H,2-3H2,1H3,(H,11,12). The number of aryl methyl sites for hydroxylation is 1. The summed E-state index contributed by atoms with van der Waals surface area (Å²) in [6.07, 6.45) is 1.06. The molecule has 0 aliphatic carbocycles. The molecule has 5 heteroatoms. The van der Waals surface area contributed by atoms with Gasteiger partial charge in [0.25, 0.3) is 0 Å². The maximum atomic E-state index is 11.3. The van der Waals surface area contributed by atoms with Crippen molar-refractivity contribution >= 4 is 11.8 Å². The molecule has 0 radical (unpaired) electrons. The van der Waals surface area contributed by atoms with Crippen molar-refractivity contribution < 1.29 is 19.2 Å². The maximum Gasteiger partial charge on any atom is 0.303 e. The zero-order valence-electron chi connectivity index (χ0n) is 7.11. The molecule has 0 fully saturated rings. The lowest BCUT2D eigenvalue weighted by molar-refractivity contribution is -0.136. The largest absolute Gasteiger partial charge is 0.481 e. The van der Waals surface area contributed by atoms with Crippen LogP contribution in [0.25, 0.3) is 0 Å². The summed E-state index contributed by atoms with van der Waals surface area (Å²) in [5, 5.41) is 11.9. The average Bonchev–Trinajstić information content (AvgIpc) is 2.47. The number of nitrogens with zero attached hydrogens (tertiary/aromatic N) is 1. The lowest BCUT2D eigenvalue weighted by Gasteiger charge is -1.93. The number of carbonyl (C=O) groups is 2. The molecule has 1 aromatic rings. The van der Waals surface area contributed by atoms with E-state index in [-0.39, 0.29) is 18.6 Å². The van der Waals surface area contributed by atoms with E-state index in [4.69, 9.17) is 5.11 Å². The molecule has 1 N–H and O–H groups in total. The lowest BCUT2D eigenvalue weighted by Crippen LogP contribution is -2.04. The van der Waals surface area contributed by atoms with Gasteiger partial charge in [0.2, 0.25) is 0 Å². The first-order valence-electron chi connectivity index (χ1n) is 3.77. The highest BCUT2D eigenvalue weighted by molar-refractivity contribution is 5.97. The summed E-state index contributed by atoms with van der Waals surface area (Å²) in [5.41, 5.74) is 0.858. The molecule has 13 heavy (non-hydrogen) atoms. The van der Waals surface area contributed by atoms with Gasteiger partial charge in [0, 0.05) is 6.42 Å². The summed E-state index contributed by atoms with van der Waals surface area (Å²) in [5.74, 6) is -1.23. The summed E-state index contributed by atoms with van der Waals surface area (Å²) in [4.78, 5) is 21.4. The Morgan fingerprint density at radius 1 is 1.54 bits per heavy atom. The van der Waals surface area contributed by atoms with E-state index < -0.39 is 5.97 Å². The van der Waals surface area contributed by atoms with Crippen molar-refractivity contribution in [1.29, 1.82) is 0 Å². The van der Waals surface area contributed by atoms with E-state index in [1.807, 2.05) is 0 Å². The van der Waals surface area contributed by atoms with Crippen molar-refractivity contribution in [2.45, 2.75) is 19.8 Å². The molecule has 1 rings (SSSR count). The summed E-state index contributed by atoms with van der Waals surface area (Å²) in [6.45, 7) is 1.64. The predicted octanol–water partition coefficient (Wildman–Crippen LogP) is 1.03. The summed E-state index contributed by atoms with van der Waals surface area (Å²) >= 11 is 0. The fraction of sp³-hybridized carbons (Fsp3) is 0.375. The van der Waals surface area contributed by atoms with Gasteiger partial charge in [-0.1, -0.05) is 5.16 Å². The van der Waals surface area contributed by atoms with E-state index >= 15 is 0 Å². The van der Waals surface area contributed by atoms with Crippen LogP contribution in [-0.2, 0) is 4.79 Å². The van der Waals surface area contributed by atoms with Gasteiger partial charge in [0.05, 0.1) is 17.7 Å². The van der Waals surface area contributed by atoms with Crippen LogP contribution in [0, 0.1) is 6.92 Å². The van der Waals surface area contributed by atoms with Gasteiger partial charge in [-0.3, -0.25) is 9.59 Å². The molecule has 0 bridgehead atoms. The Morgan fingerprint density at radius 3 is 2.69 bits per heavy atom. The molecule has 0 aromatic carbocycles. The first kappa shape index (κ1) is 9.44. The molecule has 0 saturated carbocycles. The fourth-order valence-corrected chi connectivity index (χ4v) is 0.915. The number of Topliss-reactive ketones (excluding diaryl/α,β-unsaturated/α-hetero) is 1. The first-order valence-corrected chi connectivity index (χ1v) is 3.77.